The van der Waals surface area contributed by atoms with Crippen LogP contribution in [-0.4, -0.2) is 29.9 Å². The number of likely N-dealkylation sites (tertiary alicyclic amines) is 1. The van der Waals surface area contributed by atoms with Gasteiger partial charge in [-0.1, -0.05) is 53.5 Å². The third-order valence-corrected chi connectivity index (χ3v) is 5.35. The highest BCUT2D eigenvalue weighted by Crippen LogP contribution is 2.20. The van der Waals surface area contributed by atoms with Crippen LogP contribution in [0.5, 0.6) is 0 Å². The van der Waals surface area contributed by atoms with Crippen molar-refractivity contribution in [2.45, 2.75) is 39.4 Å². The van der Waals surface area contributed by atoms with Crippen LogP contribution in [0.25, 0.3) is 0 Å². The van der Waals surface area contributed by atoms with Crippen molar-refractivity contribution >= 4 is 35.1 Å². The van der Waals surface area contributed by atoms with Crippen LogP contribution in [0.1, 0.15) is 36.5 Å². The predicted octanol–water partition coefficient (Wildman–Crippen LogP) is 4.37. The zero-order chi connectivity index (χ0) is 20.6. The van der Waals surface area contributed by atoms with Crippen LogP contribution in [0.4, 0.5) is 0 Å². The summed E-state index contributed by atoms with van der Waals surface area (Å²) in [5, 5.41) is 7.80. The standard InChI is InChI=1S/C22H26Cl2N4O/c1-2-25-22(27-14-18-8-9-19(23)12-20(18)24)26-13-16-5-3-6-17(11-16)15-28-10-4-7-21(28)29/h3,5-6,8-9,11-12H,2,4,7,10,13-15H2,1H3,(H2,25,26,27). The number of guanidine groups is 1. The quantitative estimate of drug-likeness (QED) is 0.504. The molecule has 1 fully saturated rings. The molecule has 0 aromatic heterocycles. The molecular formula is C22H26Cl2N4O. The number of benzene rings is 2. The SMILES string of the molecule is CCNC(=NCc1cccc(CN2CCCC2=O)c1)NCc1ccc(Cl)cc1Cl. The zero-order valence-corrected chi connectivity index (χ0v) is 18.1. The highest BCUT2D eigenvalue weighted by molar-refractivity contribution is 6.35. The average molecular weight is 433 g/mol. The molecule has 1 aliphatic rings. The fraction of sp³-hybridized carbons (Fsp3) is 0.364. The molecule has 7 heteroatoms. The van der Waals surface area contributed by atoms with Crippen molar-refractivity contribution in [3.63, 3.8) is 0 Å². The van der Waals surface area contributed by atoms with Crippen LogP contribution >= 0.6 is 23.2 Å². The molecule has 2 aromatic carbocycles. The molecule has 1 heterocycles. The van der Waals surface area contributed by atoms with Gasteiger partial charge in [0.1, 0.15) is 0 Å². The van der Waals surface area contributed by atoms with Crippen molar-refractivity contribution in [2.75, 3.05) is 13.1 Å². The van der Waals surface area contributed by atoms with Crippen LogP contribution in [0.2, 0.25) is 10.0 Å². The molecule has 5 nitrogen and oxygen atoms in total. The maximum absolute atomic E-state index is 11.9. The highest BCUT2D eigenvalue weighted by atomic mass is 35.5. The summed E-state index contributed by atoms with van der Waals surface area (Å²) in [5.74, 6) is 0.964. The van der Waals surface area contributed by atoms with E-state index in [0.29, 0.717) is 36.1 Å². The number of aliphatic imine (C=N–C) groups is 1. The molecule has 0 bridgehead atoms. The first-order valence-corrected chi connectivity index (χ1v) is 10.6. The number of carbonyl (C=O) groups is 1. The Hall–Kier alpha value is -2.24. The number of nitrogens with zero attached hydrogens (tertiary/aromatic N) is 2. The number of hydrogen-bond donors (Lipinski definition) is 2. The summed E-state index contributed by atoms with van der Waals surface area (Å²) in [7, 11) is 0. The average Bonchev–Trinajstić information content (AvgIpc) is 3.10. The van der Waals surface area contributed by atoms with Crippen LogP contribution in [0.3, 0.4) is 0 Å². The van der Waals surface area contributed by atoms with Gasteiger partial charge < -0.3 is 15.5 Å². The van der Waals surface area contributed by atoms with Gasteiger partial charge in [-0.2, -0.15) is 0 Å². The van der Waals surface area contributed by atoms with Gasteiger partial charge in [0, 0.05) is 42.6 Å². The Morgan fingerprint density at radius 3 is 2.69 bits per heavy atom. The van der Waals surface area contributed by atoms with E-state index in [-0.39, 0.29) is 5.91 Å². The largest absolute Gasteiger partial charge is 0.357 e. The molecule has 154 valence electrons. The van der Waals surface area contributed by atoms with Crippen LogP contribution in [0, 0.1) is 0 Å². The smallest absolute Gasteiger partial charge is 0.222 e. The molecule has 0 aliphatic carbocycles. The Morgan fingerprint density at radius 2 is 1.97 bits per heavy atom. The third kappa shape index (κ3) is 6.38. The normalized spacial score (nSPS) is 14.4. The molecule has 0 radical (unpaired) electrons. The van der Waals surface area contributed by atoms with Gasteiger partial charge in [-0.3, -0.25) is 4.79 Å². The van der Waals surface area contributed by atoms with Gasteiger partial charge in [-0.25, -0.2) is 4.99 Å². The van der Waals surface area contributed by atoms with Gasteiger partial charge in [0.2, 0.25) is 5.91 Å². The summed E-state index contributed by atoms with van der Waals surface area (Å²) in [6.45, 7) is 5.41. The lowest BCUT2D eigenvalue weighted by Gasteiger charge is -2.16. The van der Waals surface area contributed by atoms with Crippen molar-refractivity contribution in [2.24, 2.45) is 4.99 Å². The van der Waals surface area contributed by atoms with E-state index >= 15 is 0 Å². The predicted molar refractivity (Wildman–Crippen MR) is 119 cm³/mol. The van der Waals surface area contributed by atoms with E-state index in [0.717, 1.165) is 42.2 Å². The first kappa shape index (κ1) is 21.5. The van der Waals surface area contributed by atoms with Crippen molar-refractivity contribution in [1.29, 1.82) is 0 Å². The Bertz CT molecular complexity index is 885. The fourth-order valence-corrected chi connectivity index (χ4v) is 3.75. The summed E-state index contributed by atoms with van der Waals surface area (Å²) in [6.07, 6.45) is 1.62. The van der Waals surface area contributed by atoms with Gasteiger partial charge in [0.25, 0.3) is 0 Å². The summed E-state index contributed by atoms with van der Waals surface area (Å²) in [5.41, 5.74) is 3.20. The van der Waals surface area contributed by atoms with Gasteiger partial charge in [-0.05, 0) is 42.2 Å². The van der Waals surface area contributed by atoms with Crippen LogP contribution in [-0.2, 0) is 24.4 Å². The molecule has 29 heavy (non-hydrogen) atoms. The Morgan fingerprint density at radius 1 is 1.14 bits per heavy atom. The minimum atomic E-state index is 0.243. The lowest BCUT2D eigenvalue weighted by atomic mass is 10.1. The summed E-state index contributed by atoms with van der Waals surface area (Å²) >= 11 is 12.2. The van der Waals surface area contributed by atoms with Crippen LogP contribution < -0.4 is 10.6 Å². The van der Waals surface area contributed by atoms with Gasteiger partial charge in [0.15, 0.2) is 5.96 Å². The maximum Gasteiger partial charge on any atom is 0.222 e. The van der Waals surface area contributed by atoms with E-state index in [1.807, 2.05) is 30.0 Å². The Kier molecular flexibility index (Phi) is 7.78. The topological polar surface area (TPSA) is 56.7 Å². The molecule has 3 rings (SSSR count). The minimum absolute atomic E-state index is 0.243. The van der Waals surface area contributed by atoms with Crippen molar-refractivity contribution in [3.05, 3.63) is 69.2 Å². The fourth-order valence-electron chi connectivity index (χ4n) is 3.27. The molecular weight excluding hydrogens is 407 g/mol. The molecule has 1 amide bonds. The molecule has 1 saturated heterocycles. The lowest BCUT2D eigenvalue weighted by molar-refractivity contribution is -0.128. The third-order valence-electron chi connectivity index (χ3n) is 4.76. The molecule has 1 aliphatic heterocycles. The summed E-state index contributed by atoms with van der Waals surface area (Å²) < 4.78 is 0. The Balaban J connectivity index is 1.62. The summed E-state index contributed by atoms with van der Waals surface area (Å²) in [4.78, 5) is 18.5. The van der Waals surface area contributed by atoms with Crippen molar-refractivity contribution in [1.82, 2.24) is 15.5 Å². The van der Waals surface area contributed by atoms with Crippen LogP contribution in [0.15, 0.2) is 47.5 Å². The van der Waals surface area contributed by atoms with Gasteiger partial charge in [-0.15, -0.1) is 0 Å². The molecule has 2 N–H and O–H groups in total. The van der Waals surface area contributed by atoms with E-state index < -0.39 is 0 Å². The maximum atomic E-state index is 11.9. The molecule has 2 aromatic rings. The lowest BCUT2D eigenvalue weighted by Crippen LogP contribution is -2.36. The number of nitrogens with one attached hydrogen (secondary N) is 2. The second-order valence-corrected chi connectivity index (χ2v) is 7.87. The molecule has 0 atom stereocenters. The van der Waals surface area contributed by atoms with Crippen molar-refractivity contribution in [3.8, 4) is 0 Å². The van der Waals surface area contributed by atoms with E-state index in [4.69, 9.17) is 23.2 Å². The van der Waals surface area contributed by atoms with Crippen molar-refractivity contribution < 1.29 is 4.79 Å². The van der Waals surface area contributed by atoms with E-state index in [1.54, 1.807) is 6.07 Å². The number of amides is 1. The second-order valence-electron chi connectivity index (χ2n) is 7.02. The number of hydrogen-bond acceptors (Lipinski definition) is 2. The second kappa shape index (κ2) is 10.5. The molecule has 0 saturated carbocycles. The van der Waals surface area contributed by atoms with Gasteiger partial charge in [0.05, 0.1) is 6.54 Å². The monoisotopic (exact) mass is 432 g/mol. The minimum Gasteiger partial charge on any atom is -0.357 e. The van der Waals surface area contributed by atoms with E-state index in [9.17, 15) is 4.79 Å². The molecule has 0 spiro atoms. The summed E-state index contributed by atoms with van der Waals surface area (Å²) in [6, 6.07) is 13.7. The zero-order valence-electron chi connectivity index (χ0n) is 16.5. The van der Waals surface area contributed by atoms with E-state index in [2.05, 4.69) is 33.8 Å². The number of rotatable bonds is 7. The van der Waals surface area contributed by atoms with Gasteiger partial charge >= 0.3 is 0 Å². The Labute approximate surface area is 182 Å². The highest BCUT2D eigenvalue weighted by Gasteiger charge is 2.19. The molecule has 0 unspecified atom stereocenters. The first-order valence-electron chi connectivity index (χ1n) is 9.87. The number of halogens is 2. The number of carbonyl (C=O) groups excluding carboxylic acids is 1. The van der Waals surface area contributed by atoms with E-state index in [1.165, 1.54) is 0 Å². The first-order chi connectivity index (χ1) is 14.0.